The number of benzene rings is 2. The summed E-state index contributed by atoms with van der Waals surface area (Å²) >= 11 is 6.10. The number of aromatic nitrogens is 3. The highest BCUT2D eigenvalue weighted by molar-refractivity contribution is 6.42. The number of carbonyl (C=O) groups excluding carboxylic acids is 2. The van der Waals surface area contributed by atoms with Crippen molar-refractivity contribution >= 4 is 29.0 Å². The number of fused-ring (bicyclic) bond motifs is 1. The summed E-state index contributed by atoms with van der Waals surface area (Å²) in [6.45, 7) is 1.62. The molecule has 0 N–H and O–H groups in total. The second kappa shape index (κ2) is 7.68. The third-order valence-electron chi connectivity index (χ3n) is 4.62. The molecule has 0 aliphatic heterocycles. The van der Waals surface area contributed by atoms with Crippen LogP contribution in [0, 0.1) is 12.7 Å². The van der Waals surface area contributed by atoms with Crippen LogP contribution in [0.15, 0.2) is 54.6 Å². The lowest BCUT2D eigenvalue weighted by Gasteiger charge is -2.13. The molecule has 4 aromatic rings. The van der Waals surface area contributed by atoms with Gasteiger partial charge in [-0.15, -0.1) is 0 Å². The molecule has 0 radical (unpaired) electrons. The highest BCUT2D eigenvalue weighted by atomic mass is 35.5. The first-order valence-electron chi connectivity index (χ1n) is 8.94. The first-order valence-corrected chi connectivity index (χ1v) is 9.31. The summed E-state index contributed by atoms with van der Waals surface area (Å²) in [5.41, 5.74) is 2.99. The van der Waals surface area contributed by atoms with Crippen LogP contribution >= 0.6 is 11.6 Å². The maximum absolute atomic E-state index is 13.5. The number of aryl methyl sites for hydroxylation is 1. The Kier molecular flexibility index (Phi) is 5.05. The molecular formula is C22H15ClFN3O3. The van der Waals surface area contributed by atoms with Crippen LogP contribution in [0.5, 0.6) is 0 Å². The molecule has 0 atom stereocenters. The Hall–Kier alpha value is -3.58. The van der Waals surface area contributed by atoms with E-state index in [1.807, 2.05) is 6.07 Å². The molecule has 0 saturated heterocycles. The van der Waals surface area contributed by atoms with Gasteiger partial charge in [0.25, 0.3) is 5.78 Å². The molecule has 0 spiro atoms. The van der Waals surface area contributed by atoms with Crippen molar-refractivity contribution < 1.29 is 18.7 Å². The molecule has 2 aromatic carbocycles. The number of Topliss-reactive ketones (excluding diaryl/α,β-unsaturated/α-hetero) is 1. The minimum absolute atomic E-state index is 0.0432. The number of ketones is 1. The molecule has 0 saturated carbocycles. The van der Waals surface area contributed by atoms with Gasteiger partial charge in [-0.2, -0.15) is 5.10 Å². The molecule has 0 bridgehead atoms. The van der Waals surface area contributed by atoms with E-state index in [0.29, 0.717) is 33.3 Å². The molecular weight excluding hydrogens is 409 g/mol. The topological polar surface area (TPSA) is 73.6 Å². The molecule has 150 valence electrons. The van der Waals surface area contributed by atoms with Gasteiger partial charge in [0.15, 0.2) is 5.65 Å². The number of nitrogens with zero attached hydrogens (tertiary/aromatic N) is 3. The van der Waals surface area contributed by atoms with E-state index < -0.39 is 17.6 Å². The summed E-state index contributed by atoms with van der Waals surface area (Å²) in [4.78, 5) is 29.2. The largest absolute Gasteiger partial charge is 0.463 e. The van der Waals surface area contributed by atoms with Gasteiger partial charge in [0.05, 0.1) is 29.8 Å². The van der Waals surface area contributed by atoms with Crippen LogP contribution in [0.3, 0.4) is 0 Å². The summed E-state index contributed by atoms with van der Waals surface area (Å²) in [5, 5.41) is 5.14. The first-order chi connectivity index (χ1) is 14.4. The van der Waals surface area contributed by atoms with E-state index in [2.05, 4.69) is 14.8 Å². The summed E-state index contributed by atoms with van der Waals surface area (Å²) in [5.74, 6) is -2.31. The minimum Gasteiger partial charge on any atom is -0.463 e. The normalized spacial score (nSPS) is 10.9. The Morgan fingerprint density at radius 3 is 2.47 bits per heavy atom. The number of hydrogen-bond donors (Lipinski definition) is 0. The summed E-state index contributed by atoms with van der Waals surface area (Å²) < 4.78 is 19.6. The second-order valence-electron chi connectivity index (χ2n) is 6.56. The van der Waals surface area contributed by atoms with E-state index in [1.54, 1.807) is 31.2 Å². The van der Waals surface area contributed by atoms with E-state index in [4.69, 9.17) is 11.6 Å². The fourth-order valence-corrected chi connectivity index (χ4v) is 3.44. The van der Waals surface area contributed by atoms with Gasteiger partial charge in [-0.25, -0.2) is 18.7 Å². The fraction of sp³-hybridized carbons (Fsp3) is 0.0909. The third kappa shape index (κ3) is 3.44. The molecule has 0 amide bonds. The number of carbonyl (C=O) groups is 2. The van der Waals surface area contributed by atoms with E-state index in [-0.39, 0.29) is 5.56 Å². The zero-order valence-electron chi connectivity index (χ0n) is 16.0. The quantitative estimate of drug-likeness (QED) is 0.274. The maximum atomic E-state index is 13.5. The van der Waals surface area contributed by atoms with Gasteiger partial charge < -0.3 is 4.74 Å². The third-order valence-corrected chi connectivity index (χ3v) is 4.85. The summed E-state index contributed by atoms with van der Waals surface area (Å²) in [6, 6.07) is 14.5. The molecule has 0 aliphatic rings. The lowest BCUT2D eigenvalue weighted by molar-refractivity contribution is -0.135. The second-order valence-corrected chi connectivity index (χ2v) is 6.99. The monoisotopic (exact) mass is 423 g/mol. The van der Waals surface area contributed by atoms with Gasteiger partial charge >= 0.3 is 5.97 Å². The minimum atomic E-state index is -1.02. The number of rotatable bonds is 4. The van der Waals surface area contributed by atoms with E-state index in [0.717, 1.165) is 12.7 Å². The smallest absolute Gasteiger partial charge is 0.379 e. The molecule has 30 heavy (non-hydrogen) atoms. The average Bonchev–Trinajstić information content (AvgIpc) is 3.16. The molecule has 0 aliphatic carbocycles. The Labute approximate surface area is 175 Å². The molecule has 4 rings (SSSR count). The molecule has 0 fully saturated rings. The Morgan fingerprint density at radius 1 is 1.07 bits per heavy atom. The van der Waals surface area contributed by atoms with Crippen molar-refractivity contribution in [3.63, 3.8) is 0 Å². The SMILES string of the molecule is COC(=O)C(=O)c1c(C)nc2cc(-c3cccc(Cl)c3)nn2c1-c1ccc(F)cc1. The van der Waals surface area contributed by atoms with Gasteiger partial charge in [-0.1, -0.05) is 23.7 Å². The van der Waals surface area contributed by atoms with Gasteiger partial charge in [0, 0.05) is 22.2 Å². The summed E-state index contributed by atoms with van der Waals surface area (Å²) in [7, 11) is 1.13. The maximum Gasteiger partial charge on any atom is 0.379 e. The van der Waals surface area contributed by atoms with Crippen molar-refractivity contribution in [1.29, 1.82) is 0 Å². The van der Waals surface area contributed by atoms with Crippen LogP contribution in [-0.2, 0) is 9.53 Å². The van der Waals surface area contributed by atoms with Crippen LogP contribution in [-0.4, -0.2) is 33.5 Å². The zero-order chi connectivity index (χ0) is 21.4. The molecule has 2 heterocycles. The van der Waals surface area contributed by atoms with Gasteiger partial charge in [0.1, 0.15) is 5.82 Å². The van der Waals surface area contributed by atoms with Crippen molar-refractivity contribution in [3.8, 4) is 22.5 Å². The number of ether oxygens (including phenoxy) is 1. The Balaban J connectivity index is 2.04. The van der Waals surface area contributed by atoms with Crippen LogP contribution in [0.25, 0.3) is 28.2 Å². The van der Waals surface area contributed by atoms with Crippen molar-refractivity contribution in [2.75, 3.05) is 7.11 Å². The highest BCUT2D eigenvalue weighted by Crippen LogP contribution is 2.30. The van der Waals surface area contributed by atoms with Crippen LogP contribution < -0.4 is 0 Å². The van der Waals surface area contributed by atoms with E-state index in [1.165, 1.54) is 28.8 Å². The summed E-state index contributed by atoms with van der Waals surface area (Å²) in [6.07, 6.45) is 0. The fourth-order valence-electron chi connectivity index (χ4n) is 3.25. The van der Waals surface area contributed by atoms with E-state index >= 15 is 0 Å². The lowest BCUT2D eigenvalue weighted by Crippen LogP contribution is -2.20. The zero-order valence-corrected chi connectivity index (χ0v) is 16.8. The lowest BCUT2D eigenvalue weighted by atomic mass is 10.0. The van der Waals surface area contributed by atoms with Crippen molar-refractivity contribution in [3.05, 3.63) is 76.7 Å². The van der Waals surface area contributed by atoms with Gasteiger partial charge in [-0.3, -0.25) is 4.79 Å². The van der Waals surface area contributed by atoms with Crippen LogP contribution in [0.2, 0.25) is 5.02 Å². The molecule has 6 nitrogen and oxygen atoms in total. The van der Waals surface area contributed by atoms with Crippen molar-refractivity contribution in [2.24, 2.45) is 0 Å². The predicted octanol–water partition coefficient (Wildman–Crippen LogP) is 4.52. The molecule has 2 aromatic heterocycles. The standard InChI is InChI=1S/C22H15ClFN3O3/c1-12-19(21(28)22(29)30-2)20(13-6-8-16(24)9-7-13)27-18(25-12)11-17(26-27)14-4-3-5-15(23)10-14/h3-11H,1-2H3. The number of esters is 1. The molecule has 0 unspecified atom stereocenters. The number of methoxy groups -OCH3 is 1. The van der Waals surface area contributed by atoms with Gasteiger partial charge in [-0.05, 0) is 43.3 Å². The molecule has 8 heteroatoms. The number of hydrogen-bond acceptors (Lipinski definition) is 5. The Bertz CT molecular complexity index is 1300. The van der Waals surface area contributed by atoms with E-state index in [9.17, 15) is 14.0 Å². The van der Waals surface area contributed by atoms with Crippen molar-refractivity contribution in [2.45, 2.75) is 6.92 Å². The van der Waals surface area contributed by atoms with Crippen molar-refractivity contribution in [1.82, 2.24) is 14.6 Å². The van der Waals surface area contributed by atoms with Crippen LogP contribution in [0.4, 0.5) is 4.39 Å². The Morgan fingerprint density at radius 2 is 1.80 bits per heavy atom. The highest BCUT2D eigenvalue weighted by Gasteiger charge is 2.27. The van der Waals surface area contributed by atoms with Gasteiger partial charge in [0.2, 0.25) is 0 Å². The predicted molar refractivity (Wildman–Crippen MR) is 110 cm³/mol. The van der Waals surface area contributed by atoms with Crippen LogP contribution in [0.1, 0.15) is 16.1 Å². The average molecular weight is 424 g/mol. The first kappa shape index (κ1) is 19.7. The number of halogens is 2.